The van der Waals surface area contributed by atoms with E-state index in [1.165, 1.54) is 7.11 Å². The molecule has 0 aliphatic carbocycles. The van der Waals surface area contributed by atoms with Crippen molar-refractivity contribution in [1.82, 2.24) is 5.32 Å². The van der Waals surface area contributed by atoms with Crippen molar-refractivity contribution in [2.24, 2.45) is 0 Å². The molecule has 0 saturated carbocycles. The quantitative estimate of drug-likeness (QED) is 0.563. The minimum absolute atomic E-state index is 0.00683. The Morgan fingerprint density at radius 3 is 2.44 bits per heavy atom. The summed E-state index contributed by atoms with van der Waals surface area (Å²) in [4.78, 5) is 33.3. The highest BCUT2D eigenvalue weighted by atomic mass is 16.5. The van der Waals surface area contributed by atoms with E-state index in [9.17, 15) is 14.4 Å². The number of aliphatic carboxylic acids is 1. The summed E-state index contributed by atoms with van der Waals surface area (Å²) in [6, 6.07) is -1.08. The van der Waals surface area contributed by atoms with Crippen LogP contribution in [-0.2, 0) is 23.9 Å². The number of methoxy groups -OCH3 is 1. The Morgan fingerprint density at radius 2 is 1.94 bits per heavy atom. The lowest BCUT2D eigenvalue weighted by Crippen LogP contribution is -2.41. The number of nitrogens with one attached hydrogen (secondary N) is 1. The van der Waals surface area contributed by atoms with Gasteiger partial charge in [0.25, 0.3) is 0 Å². The second-order valence-electron chi connectivity index (χ2n) is 3.54. The van der Waals surface area contributed by atoms with Crippen LogP contribution in [0.3, 0.4) is 0 Å². The molecule has 0 aliphatic heterocycles. The standard InChI is InChI=1S/C11H19NO6/c1-3-18-10(14)5-4-8(11(15)16)12-9(13)6-7-17-2/h8H,3-7H2,1-2H3,(H,12,13)(H,15,16)/t8-/m0/s1. The van der Waals surface area contributed by atoms with Gasteiger partial charge in [0.1, 0.15) is 6.04 Å². The van der Waals surface area contributed by atoms with E-state index in [-0.39, 0.29) is 32.5 Å². The largest absolute Gasteiger partial charge is 0.480 e. The van der Waals surface area contributed by atoms with Gasteiger partial charge in [-0.15, -0.1) is 0 Å². The number of amides is 1. The molecule has 1 amide bonds. The molecule has 7 heteroatoms. The van der Waals surface area contributed by atoms with Crippen LogP contribution in [0.5, 0.6) is 0 Å². The zero-order chi connectivity index (χ0) is 14.0. The Bertz CT molecular complexity index is 291. The third kappa shape index (κ3) is 7.61. The molecule has 7 nitrogen and oxygen atoms in total. The predicted octanol–water partition coefficient (Wildman–Crippen LogP) is -0.0644. The fourth-order valence-electron chi connectivity index (χ4n) is 1.21. The van der Waals surface area contributed by atoms with Crippen LogP contribution in [0, 0.1) is 0 Å². The molecule has 0 bridgehead atoms. The first-order valence-electron chi connectivity index (χ1n) is 5.68. The number of carboxylic acids is 1. The number of carbonyl (C=O) groups is 3. The highest BCUT2D eigenvalue weighted by Crippen LogP contribution is 2.00. The first-order chi connectivity index (χ1) is 8.51. The molecule has 0 fully saturated rings. The van der Waals surface area contributed by atoms with Gasteiger partial charge in [-0.25, -0.2) is 4.79 Å². The Morgan fingerprint density at radius 1 is 1.28 bits per heavy atom. The summed E-state index contributed by atoms with van der Waals surface area (Å²) >= 11 is 0. The number of hydrogen-bond donors (Lipinski definition) is 2. The van der Waals surface area contributed by atoms with Crippen molar-refractivity contribution in [2.75, 3.05) is 20.3 Å². The first-order valence-corrected chi connectivity index (χ1v) is 5.68. The third-order valence-electron chi connectivity index (χ3n) is 2.11. The Balaban J connectivity index is 4.11. The van der Waals surface area contributed by atoms with Crippen LogP contribution in [0.1, 0.15) is 26.2 Å². The molecule has 2 N–H and O–H groups in total. The Hall–Kier alpha value is -1.63. The molecule has 0 aromatic heterocycles. The van der Waals surface area contributed by atoms with Crippen molar-refractivity contribution in [1.29, 1.82) is 0 Å². The number of ether oxygens (including phenoxy) is 2. The lowest BCUT2D eigenvalue weighted by atomic mass is 10.1. The highest BCUT2D eigenvalue weighted by Gasteiger charge is 2.21. The van der Waals surface area contributed by atoms with Gasteiger partial charge in [-0.05, 0) is 13.3 Å². The highest BCUT2D eigenvalue weighted by molar-refractivity contribution is 5.84. The van der Waals surface area contributed by atoms with Crippen LogP contribution < -0.4 is 5.32 Å². The zero-order valence-corrected chi connectivity index (χ0v) is 10.6. The SMILES string of the molecule is CCOC(=O)CC[C@H](NC(=O)CCOC)C(=O)O. The van der Waals surface area contributed by atoms with Gasteiger partial charge in [-0.2, -0.15) is 0 Å². The summed E-state index contributed by atoms with van der Waals surface area (Å²) in [5.41, 5.74) is 0. The second-order valence-corrected chi connectivity index (χ2v) is 3.54. The monoisotopic (exact) mass is 261 g/mol. The van der Waals surface area contributed by atoms with E-state index in [0.29, 0.717) is 0 Å². The summed E-state index contributed by atoms with van der Waals surface area (Å²) in [5, 5.41) is 11.2. The van der Waals surface area contributed by atoms with E-state index in [0.717, 1.165) is 0 Å². The molecular formula is C11H19NO6. The summed E-state index contributed by atoms with van der Waals surface area (Å²) in [6.45, 7) is 2.13. The molecule has 0 spiro atoms. The van der Waals surface area contributed by atoms with Crippen molar-refractivity contribution in [3.8, 4) is 0 Å². The van der Waals surface area contributed by atoms with Gasteiger partial charge in [0.2, 0.25) is 5.91 Å². The summed E-state index contributed by atoms with van der Waals surface area (Å²) in [5.74, 6) is -2.08. The first kappa shape index (κ1) is 16.4. The normalized spacial score (nSPS) is 11.7. The molecular weight excluding hydrogens is 242 g/mol. The fraction of sp³-hybridized carbons (Fsp3) is 0.727. The fourth-order valence-corrected chi connectivity index (χ4v) is 1.21. The second kappa shape index (κ2) is 9.41. The molecule has 0 rings (SSSR count). The van der Waals surface area contributed by atoms with Gasteiger partial charge in [0.15, 0.2) is 0 Å². The number of hydrogen-bond acceptors (Lipinski definition) is 5. The third-order valence-corrected chi connectivity index (χ3v) is 2.11. The molecule has 0 aromatic rings. The Kier molecular flexibility index (Phi) is 8.55. The molecule has 104 valence electrons. The summed E-state index contributed by atoms with van der Waals surface area (Å²) in [7, 11) is 1.45. The van der Waals surface area contributed by atoms with E-state index >= 15 is 0 Å². The van der Waals surface area contributed by atoms with E-state index in [1.54, 1.807) is 6.92 Å². The molecule has 1 atom stereocenters. The van der Waals surface area contributed by atoms with Crippen LogP contribution in [0.25, 0.3) is 0 Å². The molecule has 0 heterocycles. The number of rotatable bonds is 9. The van der Waals surface area contributed by atoms with Gasteiger partial charge in [0.05, 0.1) is 13.2 Å². The predicted molar refractivity (Wildman–Crippen MR) is 61.9 cm³/mol. The average Bonchev–Trinajstić information content (AvgIpc) is 2.31. The van der Waals surface area contributed by atoms with Gasteiger partial charge in [-0.1, -0.05) is 0 Å². The maximum absolute atomic E-state index is 11.3. The van der Waals surface area contributed by atoms with Crippen molar-refractivity contribution in [3.05, 3.63) is 0 Å². The van der Waals surface area contributed by atoms with Crippen LogP contribution in [0.4, 0.5) is 0 Å². The minimum atomic E-state index is -1.18. The molecule has 0 aliphatic rings. The number of carbonyl (C=O) groups excluding carboxylic acids is 2. The lowest BCUT2D eigenvalue weighted by molar-refractivity contribution is -0.145. The van der Waals surface area contributed by atoms with E-state index < -0.39 is 23.9 Å². The lowest BCUT2D eigenvalue weighted by Gasteiger charge is -2.13. The zero-order valence-electron chi connectivity index (χ0n) is 10.6. The molecule has 18 heavy (non-hydrogen) atoms. The smallest absolute Gasteiger partial charge is 0.326 e. The molecule has 0 saturated heterocycles. The van der Waals surface area contributed by atoms with Crippen LogP contribution in [0.2, 0.25) is 0 Å². The van der Waals surface area contributed by atoms with E-state index in [2.05, 4.69) is 10.1 Å². The van der Waals surface area contributed by atoms with E-state index in [4.69, 9.17) is 9.84 Å². The molecule has 0 unspecified atom stereocenters. The van der Waals surface area contributed by atoms with Gasteiger partial charge in [0, 0.05) is 20.0 Å². The van der Waals surface area contributed by atoms with Gasteiger partial charge >= 0.3 is 11.9 Å². The molecule has 0 aromatic carbocycles. The average molecular weight is 261 g/mol. The van der Waals surface area contributed by atoms with Crippen molar-refractivity contribution >= 4 is 17.8 Å². The number of esters is 1. The summed E-state index contributed by atoms with van der Waals surface area (Å²) in [6.07, 6.45) is 0.0436. The van der Waals surface area contributed by atoms with E-state index in [1.807, 2.05) is 0 Å². The van der Waals surface area contributed by atoms with Gasteiger partial charge < -0.3 is 19.9 Å². The summed E-state index contributed by atoms with van der Waals surface area (Å²) < 4.78 is 9.38. The van der Waals surface area contributed by atoms with Crippen LogP contribution >= 0.6 is 0 Å². The van der Waals surface area contributed by atoms with Crippen LogP contribution in [0.15, 0.2) is 0 Å². The minimum Gasteiger partial charge on any atom is -0.480 e. The topological polar surface area (TPSA) is 102 Å². The van der Waals surface area contributed by atoms with Crippen molar-refractivity contribution in [3.63, 3.8) is 0 Å². The van der Waals surface area contributed by atoms with Gasteiger partial charge in [-0.3, -0.25) is 9.59 Å². The van der Waals surface area contributed by atoms with Crippen LogP contribution in [-0.4, -0.2) is 49.3 Å². The maximum atomic E-state index is 11.3. The maximum Gasteiger partial charge on any atom is 0.326 e. The molecule has 0 radical (unpaired) electrons. The van der Waals surface area contributed by atoms with Crippen molar-refractivity contribution < 1.29 is 29.0 Å². The Labute approximate surface area is 105 Å². The van der Waals surface area contributed by atoms with Crippen molar-refractivity contribution in [2.45, 2.75) is 32.2 Å². The number of carboxylic acid groups (broad SMARTS) is 1.